The lowest BCUT2D eigenvalue weighted by atomic mass is 9.98. The van der Waals surface area contributed by atoms with Gasteiger partial charge in [-0.1, -0.05) is 82.1 Å². The van der Waals surface area contributed by atoms with Crippen LogP contribution in [0.25, 0.3) is 5.57 Å². The van der Waals surface area contributed by atoms with E-state index in [1.165, 1.54) is 5.56 Å². The van der Waals surface area contributed by atoms with Crippen LogP contribution in [0.15, 0.2) is 67.2 Å². The Morgan fingerprint density at radius 2 is 1.35 bits per heavy atom. The normalized spacial score (nSPS) is 12.6. The summed E-state index contributed by atoms with van der Waals surface area (Å²) in [7, 11) is 0. The molecule has 0 spiro atoms. The van der Waals surface area contributed by atoms with Gasteiger partial charge >= 0.3 is 0 Å². The summed E-state index contributed by atoms with van der Waals surface area (Å²) in [5, 5.41) is 17.3. The number of rotatable bonds is 2. The van der Waals surface area contributed by atoms with Gasteiger partial charge in [0.15, 0.2) is 0 Å². The number of hydrogen-bond acceptors (Lipinski definition) is 2. The molecule has 0 aliphatic heterocycles. The van der Waals surface area contributed by atoms with E-state index in [0.717, 1.165) is 18.4 Å². The summed E-state index contributed by atoms with van der Waals surface area (Å²) in [5.74, 6) is 0. The van der Waals surface area contributed by atoms with Gasteiger partial charge in [0.1, 0.15) is 0 Å². The SMILES string of the molecule is C.C.C=C(C#N)c1ccccc1.N#CC1(c2ccccc2)CC1. The molecule has 2 nitrogen and oxygen atoms in total. The minimum absolute atomic E-state index is 0. The maximum atomic E-state index is 8.86. The van der Waals surface area contributed by atoms with Gasteiger partial charge in [-0.2, -0.15) is 10.5 Å². The lowest BCUT2D eigenvalue weighted by Crippen LogP contribution is -2.00. The molecule has 3 rings (SSSR count). The fourth-order valence-corrected chi connectivity index (χ4v) is 2.05. The Kier molecular flexibility index (Phi) is 8.09. The highest BCUT2D eigenvalue weighted by atomic mass is 14.5. The molecule has 0 radical (unpaired) electrons. The lowest BCUT2D eigenvalue weighted by molar-refractivity contribution is 0.909. The first-order valence-electron chi connectivity index (χ1n) is 6.83. The summed E-state index contributed by atoms with van der Waals surface area (Å²) in [6, 6.07) is 23.8. The molecule has 0 aromatic heterocycles. The topological polar surface area (TPSA) is 47.6 Å². The van der Waals surface area contributed by atoms with Crippen molar-refractivity contribution in [2.45, 2.75) is 33.1 Å². The summed E-state index contributed by atoms with van der Waals surface area (Å²) >= 11 is 0. The van der Waals surface area contributed by atoms with Gasteiger partial charge in [-0.15, -0.1) is 0 Å². The zero-order valence-corrected chi connectivity index (χ0v) is 11.8. The zero-order valence-electron chi connectivity index (χ0n) is 11.8. The highest BCUT2D eigenvalue weighted by Crippen LogP contribution is 2.47. The van der Waals surface area contributed by atoms with Crippen LogP contribution < -0.4 is 0 Å². The van der Waals surface area contributed by atoms with Crippen LogP contribution in [0.2, 0.25) is 0 Å². The van der Waals surface area contributed by atoms with Crippen LogP contribution in [-0.2, 0) is 5.41 Å². The minimum Gasteiger partial charge on any atom is -0.197 e. The largest absolute Gasteiger partial charge is 0.197 e. The van der Waals surface area contributed by atoms with Crippen LogP contribution in [0.4, 0.5) is 0 Å². The second kappa shape index (κ2) is 9.23. The Balaban J connectivity index is 0.000000389. The minimum atomic E-state index is -0.110. The molecule has 0 unspecified atom stereocenters. The molecular weight excluding hydrogens is 280 g/mol. The summed E-state index contributed by atoms with van der Waals surface area (Å²) in [6.07, 6.45) is 2.07. The Hall–Kier alpha value is -2.84. The van der Waals surface area contributed by atoms with Gasteiger partial charge in [-0.3, -0.25) is 0 Å². The van der Waals surface area contributed by atoms with Gasteiger partial charge < -0.3 is 0 Å². The highest BCUT2D eigenvalue weighted by molar-refractivity contribution is 5.74. The van der Waals surface area contributed by atoms with Crippen LogP contribution in [0.3, 0.4) is 0 Å². The monoisotopic (exact) mass is 304 g/mol. The molecule has 23 heavy (non-hydrogen) atoms. The molecule has 0 amide bonds. The van der Waals surface area contributed by atoms with Crippen molar-refractivity contribution in [2.24, 2.45) is 0 Å². The van der Waals surface area contributed by atoms with E-state index in [9.17, 15) is 0 Å². The van der Waals surface area contributed by atoms with Crippen LogP contribution in [0, 0.1) is 22.7 Å². The fraction of sp³-hybridized carbons (Fsp3) is 0.238. The molecule has 1 fully saturated rings. The first kappa shape index (κ1) is 20.2. The molecule has 1 saturated carbocycles. The van der Waals surface area contributed by atoms with Gasteiger partial charge in [0, 0.05) is 0 Å². The fourth-order valence-electron chi connectivity index (χ4n) is 2.05. The number of nitriles is 2. The molecule has 0 atom stereocenters. The van der Waals surface area contributed by atoms with Crippen LogP contribution >= 0.6 is 0 Å². The summed E-state index contributed by atoms with van der Waals surface area (Å²) < 4.78 is 0. The van der Waals surface area contributed by atoms with E-state index in [1.54, 1.807) is 0 Å². The predicted molar refractivity (Wildman–Crippen MR) is 97.5 cm³/mol. The smallest absolute Gasteiger partial charge is 0.0991 e. The van der Waals surface area contributed by atoms with Crippen molar-refractivity contribution in [3.05, 3.63) is 78.4 Å². The molecular formula is C21H24N2. The third kappa shape index (κ3) is 5.13. The van der Waals surface area contributed by atoms with Crippen LogP contribution in [0.5, 0.6) is 0 Å². The quantitative estimate of drug-likeness (QED) is 0.664. The van der Waals surface area contributed by atoms with Gasteiger partial charge in [-0.05, 0) is 24.0 Å². The number of nitrogens with zero attached hydrogens (tertiary/aromatic N) is 2. The number of benzene rings is 2. The number of hydrogen-bond donors (Lipinski definition) is 0. The van der Waals surface area contributed by atoms with Crippen molar-refractivity contribution < 1.29 is 0 Å². The summed E-state index contributed by atoms with van der Waals surface area (Å²) in [4.78, 5) is 0. The average Bonchev–Trinajstić information content (AvgIpc) is 3.38. The van der Waals surface area contributed by atoms with Crippen molar-refractivity contribution in [3.8, 4) is 12.1 Å². The second-order valence-electron chi connectivity index (χ2n) is 5.02. The molecule has 1 aliphatic carbocycles. The molecule has 0 saturated heterocycles. The second-order valence-corrected chi connectivity index (χ2v) is 5.02. The number of allylic oxidation sites excluding steroid dienone is 1. The maximum Gasteiger partial charge on any atom is 0.0991 e. The standard InChI is InChI=1S/C10H9N.C9H7N.2CH4/c11-8-10(6-7-10)9-4-2-1-3-5-9;1-8(7-10)9-5-3-2-4-6-9;;/h1-5H,6-7H2;2-6H,1H2;2*1H4. The molecule has 0 N–H and O–H groups in total. The van der Waals surface area contributed by atoms with E-state index >= 15 is 0 Å². The van der Waals surface area contributed by atoms with Crippen LogP contribution in [0.1, 0.15) is 38.8 Å². The highest BCUT2D eigenvalue weighted by Gasteiger charge is 2.44. The van der Waals surface area contributed by atoms with Crippen molar-refractivity contribution in [1.82, 2.24) is 0 Å². The van der Waals surface area contributed by atoms with Crippen molar-refractivity contribution in [3.63, 3.8) is 0 Å². The first-order chi connectivity index (χ1) is 10.2. The molecule has 2 aromatic carbocycles. The average molecular weight is 304 g/mol. The van der Waals surface area contributed by atoms with E-state index in [2.05, 4.69) is 12.6 Å². The molecule has 1 aliphatic rings. The van der Waals surface area contributed by atoms with Crippen molar-refractivity contribution >= 4 is 5.57 Å². The lowest BCUT2D eigenvalue weighted by Gasteiger charge is -2.03. The van der Waals surface area contributed by atoms with E-state index in [-0.39, 0.29) is 20.3 Å². The van der Waals surface area contributed by atoms with Gasteiger partial charge in [0.25, 0.3) is 0 Å². The van der Waals surface area contributed by atoms with E-state index < -0.39 is 0 Å². The Labute approximate surface area is 140 Å². The Bertz CT molecular complexity index is 684. The maximum absolute atomic E-state index is 8.86. The van der Waals surface area contributed by atoms with E-state index in [4.69, 9.17) is 10.5 Å². The van der Waals surface area contributed by atoms with Crippen LogP contribution in [-0.4, -0.2) is 0 Å². The molecule has 0 heterocycles. The molecule has 2 heteroatoms. The van der Waals surface area contributed by atoms with E-state index in [1.807, 2.05) is 66.7 Å². The van der Waals surface area contributed by atoms with Gasteiger partial charge in [-0.25, -0.2) is 0 Å². The van der Waals surface area contributed by atoms with Gasteiger partial charge in [0.05, 0.1) is 23.1 Å². The summed E-state index contributed by atoms with van der Waals surface area (Å²) in [5.41, 5.74) is 2.48. The van der Waals surface area contributed by atoms with Gasteiger partial charge in [0.2, 0.25) is 0 Å². The molecule has 0 bridgehead atoms. The van der Waals surface area contributed by atoms with E-state index in [0.29, 0.717) is 5.57 Å². The first-order valence-corrected chi connectivity index (χ1v) is 6.83. The third-order valence-corrected chi connectivity index (χ3v) is 3.55. The van der Waals surface area contributed by atoms with Crippen molar-refractivity contribution in [1.29, 1.82) is 10.5 Å². The zero-order chi connectivity index (χ0) is 15.1. The third-order valence-electron chi connectivity index (χ3n) is 3.55. The molecule has 2 aromatic rings. The Morgan fingerprint density at radius 1 is 0.870 bits per heavy atom. The molecule has 118 valence electrons. The van der Waals surface area contributed by atoms with Crippen molar-refractivity contribution in [2.75, 3.05) is 0 Å². The Morgan fingerprint density at radius 3 is 1.74 bits per heavy atom. The summed E-state index contributed by atoms with van der Waals surface area (Å²) in [6.45, 7) is 3.58. The predicted octanol–water partition coefficient (Wildman–Crippen LogP) is 5.74.